The first-order chi connectivity index (χ1) is 9.28. The highest BCUT2D eigenvalue weighted by atomic mass is 16.5. The van der Waals surface area contributed by atoms with Gasteiger partial charge in [-0.25, -0.2) is 4.98 Å². The van der Waals surface area contributed by atoms with Crippen molar-refractivity contribution in [3.05, 3.63) is 41.3 Å². The number of ether oxygens (including phenoxy) is 1. The first kappa shape index (κ1) is 12.4. The Morgan fingerprint density at radius 3 is 3.05 bits per heavy atom. The molecule has 3 rings (SSSR count). The standard InChI is InChI=1S/C15H19N3O/c1-19-12-7-5-11(6-8-12)13-10-14(16)17-15-4-2-3-9-18(13)15/h5-7,10,12,16H,2-4,8-9H2,1H3. The number of nitrogens with one attached hydrogen (secondary N) is 1. The molecule has 1 aromatic heterocycles. The van der Waals surface area contributed by atoms with Crippen LogP contribution in [0.25, 0.3) is 5.57 Å². The van der Waals surface area contributed by atoms with Crippen LogP contribution >= 0.6 is 0 Å². The van der Waals surface area contributed by atoms with Crippen molar-refractivity contribution in [3.8, 4) is 0 Å². The molecule has 4 nitrogen and oxygen atoms in total. The fraction of sp³-hybridized carbons (Fsp3) is 0.467. The number of methoxy groups -OCH3 is 1. The van der Waals surface area contributed by atoms with Crippen LogP contribution in [0.4, 0.5) is 0 Å². The third-order valence-corrected chi connectivity index (χ3v) is 3.82. The lowest BCUT2D eigenvalue weighted by Gasteiger charge is -2.24. The van der Waals surface area contributed by atoms with Gasteiger partial charge in [-0.2, -0.15) is 0 Å². The van der Waals surface area contributed by atoms with E-state index in [2.05, 4.69) is 27.8 Å². The Bertz CT molecular complexity index is 598. The lowest BCUT2D eigenvalue weighted by molar-refractivity contribution is 0.143. The Morgan fingerprint density at radius 1 is 1.42 bits per heavy atom. The molecule has 0 radical (unpaired) electrons. The number of fused-ring (bicyclic) bond motifs is 1. The highest BCUT2D eigenvalue weighted by Gasteiger charge is 2.16. The van der Waals surface area contributed by atoms with Crippen LogP contribution in [-0.4, -0.2) is 22.8 Å². The average molecular weight is 257 g/mol. The first-order valence-corrected chi connectivity index (χ1v) is 6.85. The Balaban J connectivity index is 2.02. The van der Waals surface area contributed by atoms with E-state index in [9.17, 15) is 0 Å². The van der Waals surface area contributed by atoms with Gasteiger partial charge in [0.25, 0.3) is 0 Å². The van der Waals surface area contributed by atoms with Gasteiger partial charge in [0, 0.05) is 26.1 Å². The minimum atomic E-state index is 0.182. The maximum absolute atomic E-state index is 7.87. The molecule has 1 unspecified atom stereocenters. The van der Waals surface area contributed by atoms with E-state index in [1.165, 1.54) is 18.4 Å². The number of aryl methyl sites for hydroxylation is 1. The molecule has 0 saturated carbocycles. The van der Waals surface area contributed by atoms with Crippen molar-refractivity contribution in [2.75, 3.05) is 7.11 Å². The van der Waals surface area contributed by atoms with Crippen molar-refractivity contribution < 1.29 is 4.74 Å². The maximum Gasteiger partial charge on any atom is 0.148 e. The number of rotatable bonds is 2. The van der Waals surface area contributed by atoms with Crippen molar-refractivity contribution in [2.45, 2.75) is 38.3 Å². The second-order valence-electron chi connectivity index (χ2n) is 5.08. The van der Waals surface area contributed by atoms with Crippen LogP contribution in [0.1, 0.15) is 30.8 Å². The van der Waals surface area contributed by atoms with Gasteiger partial charge in [-0.1, -0.05) is 18.2 Å². The molecular weight excluding hydrogens is 238 g/mol. The van der Waals surface area contributed by atoms with Gasteiger partial charge >= 0.3 is 0 Å². The largest absolute Gasteiger partial charge is 0.377 e. The number of nitrogens with zero attached hydrogens (tertiary/aromatic N) is 2. The van der Waals surface area contributed by atoms with Crippen LogP contribution in [0.2, 0.25) is 0 Å². The zero-order chi connectivity index (χ0) is 13.2. The van der Waals surface area contributed by atoms with Crippen molar-refractivity contribution in [1.82, 2.24) is 9.55 Å². The molecule has 0 fully saturated rings. The number of hydrogen-bond acceptors (Lipinski definition) is 3. The van der Waals surface area contributed by atoms with Gasteiger partial charge < -0.3 is 9.30 Å². The summed E-state index contributed by atoms with van der Waals surface area (Å²) in [6.07, 6.45) is 10.8. The molecule has 0 aromatic carbocycles. The topological polar surface area (TPSA) is 50.9 Å². The van der Waals surface area contributed by atoms with Gasteiger partial charge in [0.1, 0.15) is 11.3 Å². The van der Waals surface area contributed by atoms with E-state index in [0.29, 0.717) is 5.49 Å². The van der Waals surface area contributed by atoms with E-state index in [-0.39, 0.29) is 6.10 Å². The summed E-state index contributed by atoms with van der Waals surface area (Å²) in [5, 5.41) is 7.87. The van der Waals surface area contributed by atoms with Crippen LogP contribution in [-0.2, 0) is 17.7 Å². The molecule has 1 aromatic rings. The average Bonchev–Trinajstić information content (AvgIpc) is 2.46. The van der Waals surface area contributed by atoms with Crippen LogP contribution in [0.15, 0.2) is 24.3 Å². The zero-order valence-corrected chi connectivity index (χ0v) is 11.2. The summed E-state index contributed by atoms with van der Waals surface area (Å²) in [5.74, 6) is 1.05. The second-order valence-corrected chi connectivity index (χ2v) is 5.08. The molecule has 4 heteroatoms. The third-order valence-electron chi connectivity index (χ3n) is 3.82. The highest BCUT2D eigenvalue weighted by molar-refractivity contribution is 5.73. The summed E-state index contributed by atoms with van der Waals surface area (Å²) in [4.78, 5) is 4.35. The van der Waals surface area contributed by atoms with E-state index < -0.39 is 0 Å². The number of hydrogen-bond donors (Lipinski definition) is 1. The molecule has 0 bridgehead atoms. The van der Waals surface area contributed by atoms with Gasteiger partial charge in [0.2, 0.25) is 0 Å². The SMILES string of the molecule is COC1C=CC(c2cc(=N)nc3n2CCCC3)=CC1. The lowest BCUT2D eigenvalue weighted by Crippen LogP contribution is -2.24. The molecule has 100 valence electrons. The van der Waals surface area contributed by atoms with Gasteiger partial charge in [-0.05, 0) is 24.8 Å². The van der Waals surface area contributed by atoms with Crippen LogP contribution in [0.3, 0.4) is 0 Å². The molecule has 19 heavy (non-hydrogen) atoms. The van der Waals surface area contributed by atoms with Crippen molar-refractivity contribution in [2.24, 2.45) is 0 Å². The summed E-state index contributed by atoms with van der Waals surface area (Å²) in [7, 11) is 1.73. The van der Waals surface area contributed by atoms with Crippen molar-refractivity contribution in [1.29, 1.82) is 5.41 Å². The minimum Gasteiger partial charge on any atom is -0.377 e. The number of allylic oxidation sites excluding steroid dienone is 2. The summed E-state index contributed by atoms with van der Waals surface area (Å²) in [6.45, 7) is 1.01. The van der Waals surface area contributed by atoms with Crippen molar-refractivity contribution >= 4 is 5.57 Å². The summed E-state index contributed by atoms with van der Waals surface area (Å²) in [5.41, 5.74) is 2.68. The summed E-state index contributed by atoms with van der Waals surface area (Å²) in [6, 6.07) is 1.87. The smallest absolute Gasteiger partial charge is 0.148 e. The molecule has 0 spiro atoms. The molecule has 1 aliphatic carbocycles. The first-order valence-electron chi connectivity index (χ1n) is 6.85. The van der Waals surface area contributed by atoms with Gasteiger partial charge in [-0.3, -0.25) is 5.41 Å². The minimum absolute atomic E-state index is 0.182. The van der Waals surface area contributed by atoms with E-state index in [4.69, 9.17) is 10.1 Å². The van der Waals surface area contributed by atoms with Crippen LogP contribution in [0.5, 0.6) is 0 Å². The molecule has 1 aliphatic heterocycles. The van der Waals surface area contributed by atoms with Crippen LogP contribution in [0, 0.1) is 5.41 Å². The number of aromatic nitrogens is 2. The van der Waals surface area contributed by atoms with Crippen LogP contribution < -0.4 is 5.49 Å². The summed E-state index contributed by atoms with van der Waals surface area (Å²) >= 11 is 0. The lowest BCUT2D eigenvalue weighted by atomic mass is 10.0. The van der Waals surface area contributed by atoms with E-state index in [1.54, 1.807) is 7.11 Å². The maximum atomic E-state index is 7.87. The fourth-order valence-electron chi connectivity index (χ4n) is 2.78. The molecule has 1 atom stereocenters. The van der Waals surface area contributed by atoms with Gasteiger partial charge in [0.15, 0.2) is 0 Å². The Kier molecular flexibility index (Phi) is 3.34. The third kappa shape index (κ3) is 2.40. The Labute approximate surface area is 113 Å². The quantitative estimate of drug-likeness (QED) is 0.881. The molecule has 0 amide bonds. The normalized spacial score (nSPS) is 21.9. The second kappa shape index (κ2) is 5.13. The fourth-order valence-corrected chi connectivity index (χ4v) is 2.78. The van der Waals surface area contributed by atoms with Gasteiger partial charge in [-0.15, -0.1) is 0 Å². The monoisotopic (exact) mass is 257 g/mol. The van der Waals surface area contributed by atoms with E-state index in [1.807, 2.05) is 6.07 Å². The molecule has 1 N–H and O–H groups in total. The van der Waals surface area contributed by atoms with E-state index in [0.717, 1.165) is 30.9 Å². The van der Waals surface area contributed by atoms with E-state index >= 15 is 0 Å². The molecular formula is C15H19N3O. The Hall–Kier alpha value is -1.68. The van der Waals surface area contributed by atoms with Gasteiger partial charge in [0.05, 0.1) is 11.8 Å². The predicted molar refractivity (Wildman–Crippen MR) is 73.6 cm³/mol. The van der Waals surface area contributed by atoms with Crippen molar-refractivity contribution in [3.63, 3.8) is 0 Å². The summed E-state index contributed by atoms with van der Waals surface area (Å²) < 4.78 is 7.59. The molecule has 2 heterocycles. The predicted octanol–water partition coefficient (Wildman–Crippen LogP) is 2.06. The molecule has 0 saturated heterocycles. The molecule has 2 aliphatic rings. The Morgan fingerprint density at radius 2 is 2.32 bits per heavy atom. The zero-order valence-electron chi connectivity index (χ0n) is 11.2. The highest BCUT2D eigenvalue weighted by Crippen LogP contribution is 2.24.